The Kier molecular flexibility index (Phi) is 7.83. The third kappa shape index (κ3) is 6.16. The van der Waals surface area contributed by atoms with E-state index in [0.29, 0.717) is 23.1 Å². The second-order valence-corrected chi connectivity index (χ2v) is 9.57. The van der Waals surface area contributed by atoms with Crippen LogP contribution in [0.1, 0.15) is 35.3 Å². The van der Waals surface area contributed by atoms with Crippen LogP contribution in [0.25, 0.3) is 6.08 Å². The van der Waals surface area contributed by atoms with Gasteiger partial charge < -0.3 is 10.6 Å². The normalized spacial score (nSPS) is 14.2. The number of benzene rings is 3. The zero-order valence-electron chi connectivity index (χ0n) is 19.5. The molecule has 0 atom stereocenters. The Balaban J connectivity index is 1.32. The van der Waals surface area contributed by atoms with Crippen LogP contribution in [0.2, 0.25) is 0 Å². The van der Waals surface area contributed by atoms with Crippen LogP contribution in [0, 0.1) is 0 Å². The summed E-state index contributed by atoms with van der Waals surface area (Å²) in [5.41, 5.74) is 3.58. The Bertz CT molecular complexity index is 1170. The molecule has 0 spiro atoms. The number of fused-ring (bicyclic) bond motifs is 1. The van der Waals surface area contributed by atoms with Gasteiger partial charge in [-0.05, 0) is 55.3 Å². The first-order valence-electron chi connectivity index (χ1n) is 11.5. The van der Waals surface area contributed by atoms with Gasteiger partial charge in [-0.25, -0.2) is 0 Å². The van der Waals surface area contributed by atoms with Crippen molar-refractivity contribution in [2.75, 3.05) is 18.4 Å². The summed E-state index contributed by atoms with van der Waals surface area (Å²) in [6.45, 7) is 6.54. The monoisotopic (exact) mass is 471 g/mol. The number of rotatable bonds is 8. The molecule has 1 aliphatic rings. The maximum atomic E-state index is 12.6. The van der Waals surface area contributed by atoms with Gasteiger partial charge in [0.15, 0.2) is 0 Å². The largest absolute Gasteiger partial charge is 0.351 e. The predicted octanol–water partition coefficient (Wildman–Crippen LogP) is 5.41. The summed E-state index contributed by atoms with van der Waals surface area (Å²) in [5, 5.41) is 5.94. The number of amides is 2. The first-order chi connectivity index (χ1) is 16.5. The zero-order valence-corrected chi connectivity index (χ0v) is 20.3. The minimum Gasteiger partial charge on any atom is -0.351 e. The summed E-state index contributed by atoms with van der Waals surface area (Å²) in [7, 11) is 0. The van der Waals surface area contributed by atoms with Crippen molar-refractivity contribution in [2.45, 2.75) is 31.3 Å². The lowest BCUT2D eigenvalue weighted by molar-refractivity contribution is -0.112. The first kappa shape index (κ1) is 23.8. The van der Waals surface area contributed by atoms with Crippen molar-refractivity contribution in [3.05, 3.63) is 100 Å². The van der Waals surface area contributed by atoms with Crippen molar-refractivity contribution in [1.82, 2.24) is 10.2 Å². The number of thioether (sulfide) groups is 1. The second-order valence-electron chi connectivity index (χ2n) is 8.49. The van der Waals surface area contributed by atoms with Crippen molar-refractivity contribution in [3.8, 4) is 0 Å². The average molecular weight is 472 g/mol. The number of para-hydroxylation sites is 1. The molecular weight excluding hydrogens is 442 g/mol. The van der Waals surface area contributed by atoms with Crippen LogP contribution in [-0.2, 0) is 11.3 Å². The van der Waals surface area contributed by atoms with Gasteiger partial charge in [-0.1, -0.05) is 66.4 Å². The van der Waals surface area contributed by atoms with Gasteiger partial charge in [0.1, 0.15) is 0 Å². The molecule has 0 fully saturated rings. The van der Waals surface area contributed by atoms with E-state index in [-0.39, 0.29) is 11.8 Å². The lowest BCUT2D eigenvalue weighted by atomic mass is 10.1. The highest BCUT2D eigenvalue weighted by Crippen LogP contribution is 2.38. The minimum atomic E-state index is -0.115. The third-order valence-electron chi connectivity index (χ3n) is 5.69. The highest BCUT2D eigenvalue weighted by Gasteiger charge is 2.20. The molecule has 6 heteroatoms. The summed E-state index contributed by atoms with van der Waals surface area (Å²) >= 11 is 1.45. The highest BCUT2D eigenvalue weighted by molar-refractivity contribution is 8.04. The number of carbonyl (C=O) groups is 2. The Labute approximate surface area is 205 Å². The van der Waals surface area contributed by atoms with Crippen LogP contribution in [0.15, 0.2) is 88.7 Å². The smallest absolute Gasteiger partial charge is 0.262 e. The van der Waals surface area contributed by atoms with Crippen LogP contribution >= 0.6 is 11.8 Å². The SMILES string of the molecule is CC(C)N(CCNC(=O)c1ccc(/C=C2/Sc3ccccc3NC2=O)cc1)Cc1ccccc1. The van der Waals surface area contributed by atoms with Crippen molar-refractivity contribution >= 4 is 35.3 Å². The summed E-state index contributed by atoms with van der Waals surface area (Å²) in [6, 6.07) is 25.8. The van der Waals surface area contributed by atoms with Gasteiger partial charge in [-0.3, -0.25) is 14.5 Å². The topological polar surface area (TPSA) is 61.4 Å². The van der Waals surface area contributed by atoms with E-state index in [1.165, 1.54) is 17.3 Å². The number of carbonyl (C=O) groups excluding carboxylic acids is 2. The van der Waals surface area contributed by atoms with E-state index in [4.69, 9.17) is 0 Å². The molecule has 0 saturated heterocycles. The number of hydrogen-bond donors (Lipinski definition) is 2. The van der Waals surface area contributed by atoms with E-state index in [1.54, 1.807) is 12.1 Å². The molecule has 4 rings (SSSR count). The number of hydrogen-bond acceptors (Lipinski definition) is 4. The fourth-order valence-electron chi connectivity index (χ4n) is 3.74. The van der Waals surface area contributed by atoms with Gasteiger partial charge in [0.2, 0.25) is 0 Å². The summed E-state index contributed by atoms with van der Waals surface area (Å²) in [4.78, 5) is 29.0. The summed E-state index contributed by atoms with van der Waals surface area (Å²) in [6.07, 6.45) is 1.85. The average Bonchev–Trinajstić information content (AvgIpc) is 2.85. The van der Waals surface area contributed by atoms with E-state index in [1.807, 2.05) is 60.7 Å². The van der Waals surface area contributed by atoms with E-state index in [9.17, 15) is 9.59 Å². The minimum absolute atomic E-state index is 0.0960. The molecule has 1 heterocycles. The molecule has 3 aromatic rings. The Morgan fingerprint density at radius 1 is 1.00 bits per heavy atom. The van der Waals surface area contributed by atoms with Crippen molar-refractivity contribution in [3.63, 3.8) is 0 Å². The molecule has 0 radical (unpaired) electrons. The molecular formula is C28H29N3O2S. The number of nitrogens with zero attached hydrogens (tertiary/aromatic N) is 1. The predicted molar refractivity (Wildman–Crippen MR) is 140 cm³/mol. The van der Waals surface area contributed by atoms with Gasteiger partial charge >= 0.3 is 0 Å². The van der Waals surface area contributed by atoms with Crippen molar-refractivity contribution in [2.24, 2.45) is 0 Å². The number of nitrogens with one attached hydrogen (secondary N) is 2. The highest BCUT2D eigenvalue weighted by atomic mass is 32.2. The molecule has 5 nitrogen and oxygen atoms in total. The van der Waals surface area contributed by atoms with Gasteiger partial charge in [-0.2, -0.15) is 0 Å². The molecule has 174 valence electrons. The molecule has 34 heavy (non-hydrogen) atoms. The molecule has 1 aliphatic heterocycles. The lowest BCUT2D eigenvalue weighted by Crippen LogP contribution is -2.38. The maximum absolute atomic E-state index is 12.6. The van der Waals surface area contributed by atoms with Crippen molar-refractivity contribution in [1.29, 1.82) is 0 Å². The quantitative estimate of drug-likeness (QED) is 0.431. The third-order valence-corrected chi connectivity index (χ3v) is 6.79. The molecule has 0 aromatic heterocycles. The Morgan fingerprint density at radius 3 is 2.44 bits per heavy atom. The van der Waals surface area contributed by atoms with Crippen molar-refractivity contribution < 1.29 is 9.59 Å². The standard InChI is InChI=1S/C28H29N3O2S/c1-20(2)31(19-22-8-4-3-5-9-22)17-16-29-27(32)23-14-12-21(13-15-23)18-26-28(33)30-24-10-6-7-11-25(24)34-26/h3-15,18,20H,16-17,19H2,1-2H3,(H,29,32)(H,30,33)/b26-18+. The molecule has 2 amide bonds. The second kappa shape index (κ2) is 11.2. The number of anilines is 1. The lowest BCUT2D eigenvalue weighted by Gasteiger charge is -2.26. The van der Waals surface area contributed by atoms with Gasteiger partial charge in [0.25, 0.3) is 11.8 Å². The Morgan fingerprint density at radius 2 is 1.71 bits per heavy atom. The first-order valence-corrected chi connectivity index (χ1v) is 12.3. The van der Waals surface area contributed by atoms with Gasteiger partial charge in [0, 0.05) is 36.1 Å². The molecule has 0 saturated carbocycles. The Hall–Kier alpha value is -3.35. The van der Waals surface area contributed by atoms with Gasteiger partial charge in [0.05, 0.1) is 10.6 Å². The molecule has 0 unspecified atom stereocenters. The van der Waals surface area contributed by atoms with E-state index in [2.05, 4.69) is 41.5 Å². The fraction of sp³-hybridized carbons (Fsp3) is 0.214. The maximum Gasteiger partial charge on any atom is 0.262 e. The van der Waals surface area contributed by atoms with E-state index in [0.717, 1.165) is 29.2 Å². The molecule has 0 bridgehead atoms. The van der Waals surface area contributed by atoms with Crippen LogP contribution in [0.5, 0.6) is 0 Å². The summed E-state index contributed by atoms with van der Waals surface area (Å²) in [5.74, 6) is -0.211. The van der Waals surface area contributed by atoms with E-state index >= 15 is 0 Å². The van der Waals surface area contributed by atoms with E-state index < -0.39 is 0 Å². The zero-order chi connectivity index (χ0) is 23.9. The summed E-state index contributed by atoms with van der Waals surface area (Å²) < 4.78 is 0. The molecule has 2 N–H and O–H groups in total. The molecule has 0 aliphatic carbocycles. The molecule has 3 aromatic carbocycles. The fourth-order valence-corrected chi connectivity index (χ4v) is 4.69. The van der Waals surface area contributed by atoms with Crippen LogP contribution < -0.4 is 10.6 Å². The van der Waals surface area contributed by atoms with Crippen LogP contribution in [0.4, 0.5) is 5.69 Å². The van der Waals surface area contributed by atoms with Gasteiger partial charge in [-0.15, -0.1) is 0 Å². The van der Waals surface area contributed by atoms with Crippen LogP contribution in [0.3, 0.4) is 0 Å². The van der Waals surface area contributed by atoms with Crippen LogP contribution in [-0.4, -0.2) is 35.8 Å².